The highest BCUT2D eigenvalue weighted by atomic mass is 35.5. The van der Waals surface area contributed by atoms with Crippen LogP contribution < -0.4 is 5.32 Å². The Hall–Kier alpha value is -0.570. The second-order valence-electron chi connectivity index (χ2n) is 4.67. The van der Waals surface area contributed by atoms with Crippen LogP contribution in [0.4, 0.5) is 0 Å². The summed E-state index contributed by atoms with van der Waals surface area (Å²) >= 11 is 0. The van der Waals surface area contributed by atoms with Crippen LogP contribution in [-0.4, -0.2) is 18.1 Å². The SMILES string of the molecule is Cc1ccc(C2=C[C@@H]3CNC[C@@H]3C2)cn1.Cl.Cl. The Morgan fingerprint density at radius 2 is 2.06 bits per heavy atom. The van der Waals surface area contributed by atoms with Crippen molar-refractivity contribution in [3.8, 4) is 0 Å². The lowest BCUT2D eigenvalue weighted by atomic mass is 9.99. The fourth-order valence-electron chi connectivity index (χ4n) is 2.65. The predicted octanol–water partition coefficient (Wildman–Crippen LogP) is 2.86. The standard InChI is InChI=1S/C13H16N2.2ClH/c1-9-2-3-10(8-15-9)11-4-12-6-14-7-13(12)5-11;;/h2-4,8,12-14H,5-7H2,1H3;2*1H/t12-,13+;;/m1../s1. The highest BCUT2D eigenvalue weighted by Gasteiger charge is 2.31. The molecule has 2 heterocycles. The number of hydrogen-bond acceptors (Lipinski definition) is 2. The van der Waals surface area contributed by atoms with Crippen molar-refractivity contribution < 1.29 is 0 Å². The highest BCUT2D eigenvalue weighted by Crippen LogP contribution is 2.37. The van der Waals surface area contributed by atoms with E-state index in [1.807, 2.05) is 13.1 Å². The molecule has 0 bridgehead atoms. The van der Waals surface area contributed by atoms with E-state index in [1.54, 1.807) is 0 Å². The monoisotopic (exact) mass is 272 g/mol. The minimum atomic E-state index is 0. The molecule has 2 nitrogen and oxygen atoms in total. The number of aryl methyl sites for hydroxylation is 1. The summed E-state index contributed by atoms with van der Waals surface area (Å²) in [6, 6.07) is 4.30. The van der Waals surface area contributed by atoms with E-state index in [0.29, 0.717) is 0 Å². The summed E-state index contributed by atoms with van der Waals surface area (Å²) in [5.41, 5.74) is 3.91. The van der Waals surface area contributed by atoms with Gasteiger partial charge in [-0.3, -0.25) is 4.98 Å². The van der Waals surface area contributed by atoms with E-state index in [9.17, 15) is 0 Å². The van der Waals surface area contributed by atoms with Crippen LogP contribution in [-0.2, 0) is 0 Å². The molecule has 94 valence electrons. The maximum absolute atomic E-state index is 4.36. The molecule has 0 amide bonds. The summed E-state index contributed by atoms with van der Waals surface area (Å²) in [6.45, 7) is 4.38. The van der Waals surface area contributed by atoms with Crippen molar-refractivity contribution in [3.05, 3.63) is 35.7 Å². The number of halogens is 2. The smallest absolute Gasteiger partial charge is 0.0373 e. The second kappa shape index (κ2) is 5.85. The minimum Gasteiger partial charge on any atom is -0.316 e. The summed E-state index contributed by atoms with van der Waals surface area (Å²) in [5, 5.41) is 3.45. The van der Waals surface area contributed by atoms with Crippen molar-refractivity contribution in [2.24, 2.45) is 11.8 Å². The first-order valence-electron chi connectivity index (χ1n) is 5.67. The highest BCUT2D eigenvalue weighted by molar-refractivity contribution is 5.85. The van der Waals surface area contributed by atoms with E-state index in [4.69, 9.17) is 0 Å². The van der Waals surface area contributed by atoms with Gasteiger partial charge in [-0.1, -0.05) is 12.1 Å². The molecule has 0 saturated carbocycles. The van der Waals surface area contributed by atoms with Gasteiger partial charge in [0.05, 0.1) is 0 Å². The van der Waals surface area contributed by atoms with Gasteiger partial charge in [0, 0.05) is 18.4 Å². The van der Waals surface area contributed by atoms with Gasteiger partial charge in [0.15, 0.2) is 0 Å². The third-order valence-corrected chi connectivity index (χ3v) is 3.57. The number of hydrogen-bond donors (Lipinski definition) is 1. The van der Waals surface area contributed by atoms with Gasteiger partial charge in [-0.05, 0) is 48.9 Å². The Labute approximate surface area is 115 Å². The van der Waals surface area contributed by atoms with Gasteiger partial charge < -0.3 is 5.32 Å². The van der Waals surface area contributed by atoms with Crippen molar-refractivity contribution in [3.63, 3.8) is 0 Å². The molecule has 1 fully saturated rings. The van der Waals surface area contributed by atoms with Crippen LogP contribution in [0.3, 0.4) is 0 Å². The lowest BCUT2D eigenvalue weighted by Crippen LogP contribution is -2.09. The molecule has 1 N–H and O–H groups in total. The van der Waals surface area contributed by atoms with Gasteiger partial charge in [0.2, 0.25) is 0 Å². The average Bonchev–Trinajstić information content (AvgIpc) is 2.78. The topological polar surface area (TPSA) is 24.9 Å². The Morgan fingerprint density at radius 1 is 1.24 bits per heavy atom. The molecular formula is C13H18Cl2N2. The van der Waals surface area contributed by atoms with Crippen LogP contribution >= 0.6 is 24.8 Å². The predicted molar refractivity (Wildman–Crippen MR) is 75.9 cm³/mol. The molecule has 1 aromatic heterocycles. The molecule has 0 unspecified atom stereocenters. The molecule has 2 aliphatic rings. The van der Waals surface area contributed by atoms with Gasteiger partial charge in [-0.2, -0.15) is 0 Å². The van der Waals surface area contributed by atoms with Crippen LogP contribution in [0.2, 0.25) is 0 Å². The number of nitrogens with one attached hydrogen (secondary N) is 1. The maximum Gasteiger partial charge on any atom is 0.0373 e. The van der Waals surface area contributed by atoms with E-state index < -0.39 is 0 Å². The zero-order chi connectivity index (χ0) is 10.3. The molecule has 2 atom stereocenters. The number of rotatable bonds is 1. The molecule has 17 heavy (non-hydrogen) atoms. The van der Waals surface area contributed by atoms with Crippen molar-refractivity contribution in [2.75, 3.05) is 13.1 Å². The first-order chi connectivity index (χ1) is 7.33. The fraction of sp³-hybridized carbons (Fsp3) is 0.462. The van der Waals surface area contributed by atoms with E-state index in [-0.39, 0.29) is 24.8 Å². The van der Waals surface area contributed by atoms with Crippen LogP contribution in [0.25, 0.3) is 5.57 Å². The molecule has 3 rings (SSSR count). The number of allylic oxidation sites excluding steroid dienone is 1. The molecular weight excluding hydrogens is 255 g/mol. The van der Waals surface area contributed by atoms with E-state index in [0.717, 1.165) is 24.1 Å². The zero-order valence-electron chi connectivity index (χ0n) is 9.85. The molecule has 1 aliphatic heterocycles. The maximum atomic E-state index is 4.36. The summed E-state index contributed by atoms with van der Waals surface area (Å²) in [4.78, 5) is 4.36. The molecule has 1 aromatic rings. The summed E-state index contributed by atoms with van der Waals surface area (Å²) < 4.78 is 0. The van der Waals surface area contributed by atoms with Crippen LogP contribution in [0.15, 0.2) is 24.4 Å². The first-order valence-corrected chi connectivity index (χ1v) is 5.67. The minimum absolute atomic E-state index is 0. The quantitative estimate of drug-likeness (QED) is 0.851. The van der Waals surface area contributed by atoms with E-state index >= 15 is 0 Å². The van der Waals surface area contributed by atoms with Crippen molar-refractivity contribution in [2.45, 2.75) is 13.3 Å². The lowest BCUT2D eigenvalue weighted by molar-refractivity contribution is 0.536. The van der Waals surface area contributed by atoms with Gasteiger partial charge in [-0.25, -0.2) is 0 Å². The summed E-state index contributed by atoms with van der Waals surface area (Å²) in [7, 11) is 0. The number of fused-ring (bicyclic) bond motifs is 1. The van der Waals surface area contributed by atoms with Gasteiger partial charge >= 0.3 is 0 Å². The molecule has 0 aromatic carbocycles. The molecule has 0 spiro atoms. The van der Waals surface area contributed by atoms with Gasteiger partial charge in [-0.15, -0.1) is 24.8 Å². The largest absolute Gasteiger partial charge is 0.316 e. The van der Waals surface area contributed by atoms with E-state index in [2.05, 4.69) is 28.5 Å². The van der Waals surface area contributed by atoms with Crippen LogP contribution in [0.5, 0.6) is 0 Å². The Balaban J connectivity index is 0.000000722. The summed E-state index contributed by atoms with van der Waals surface area (Å²) in [6.07, 6.45) is 5.68. The third-order valence-electron chi connectivity index (χ3n) is 3.57. The lowest BCUT2D eigenvalue weighted by Gasteiger charge is -2.06. The molecule has 4 heteroatoms. The Kier molecular flexibility index (Phi) is 4.99. The molecule has 1 aliphatic carbocycles. The average molecular weight is 273 g/mol. The third kappa shape index (κ3) is 2.82. The van der Waals surface area contributed by atoms with E-state index in [1.165, 1.54) is 24.1 Å². The zero-order valence-corrected chi connectivity index (χ0v) is 11.5. The van der Waals surface area contributed by atoms with Crippen LogP contribution in [0.1, 0.15) is 17.7 Å². The number of pyridine rings is 1. The Morgan fingerprint density at radius 3 is 2.71 bits per heavy atom. The summed E-state index contributed by atoms with van der Waals surface area (Å²) in [5.74, 6) is 1.60. The molecule has 1 saturated heterocycles. The molecule has 0 radical (unpaired) electrons. The number of aromatic nitrogens is 1. The number of nitrogens with zero attached hydrogens (tertiary/aromatic N) is 1. The van der Waals surface area contributed by atoms with Crippen molar-refractivity contribution in [1.82, 2.24) is 10.3 Å². The Bertz CT molecular complexity index is 400. The van der Waals surface area contributed by atoms with Crippen molar-refractivity contribution in [1.29, 1.82) is 0 Å². The van der Waals surface area contributed by atoms with Crippen LogP contribution in [0, 0.1) is 18.8 Å². The second-order valence-corrected chi connectivity index (χ2v) is 4.67. The van der Waals surface area contributed by atoms with Gasteiger partial charge in [0.25, 0.3) is 0 Å². The fourth-order valence-corrected chi connectivity index (χ4v) is 2.65. The van der Waals surface area contributed by atoms with Gasteiger partial charge in [0.1, 0.15) is 0 Å². The normalized spacial score (nSPS) is 25.6. The van der Waals surface area contributed by atoms with Crippen molar-refractivity contribution >= 4 is 30.4 Å². The first kappa shape index (κ1) is 14.5.